The maximum absolute atomic E-state index is 11.9. The lowest BCUT2D eigenvalue weighted by atomic mass is 10.1. The zero-order chi connectivity index (χ0) is 16.1. The first-order valence-corrected chi connectivity index (χ1v) is 8.00. The predicted octanol–water partition coefficient (Wildman–Crippen LogP) is 3.05. The summed E-state index contributed by atoms with van der Waals surface area (Å²) in [6.07, 6.45) is 6.61. The van der Waals surface area contributed by atoms with Gasteiger partial charge in [-0.25, -0.2) is 0 Å². The molecule has 0 aliphatic heterocycles. The van der Waals surface area contributed by atoms with E-state index < -0.39 is 0 Å². The molecule has 0 saturated heterocycles. The summed E-state index contributed by atoms with van der Waals surface area (Å²) >= 11 is 0. The highest BCUT2D eigenvalue weighted by Gasteiger charge is 2.25. The number of anilines is 1. The first-order chi connectivity index (χ1) is 11.2. The highest BCUT2D eigenvalue weighted by atomic mass is 16.1. The van der Waals surface area contributed by atoms with Gasteiger partial charge in [0.1, 0.15) is 0 Å². The van der Waals surface area contributed by atoms with E-state index in [4.69, 9.17) is 0 Å². The smallest absolute Gasteiger partial charge is 0.229 e. The third-order valence-electron chi connectivity index (χ3n) is 3.83. The van der Waals surface area contributed by atoms with Crippen LogP contribution in [-0.4, -0.2) is 23.2 Å². The minimum absolute atomic E-state index is 0.0542. The SMILES string of the molecule is CNCc1cccc(/C=C/CC(=O)Nc2cc(C3CC3)[nH]n2)c1. The fraction of sp³-hybridized carbons (Fsp3) is 0.333. The minimum atomic E-state index is -0.0542. The van der Waals surface area contributed by atoms with Crippen molar-refractivity contribution in [2.24, 2.45) is 0 Å². The molecule has 3 rings (SSSR count). The summed E-state index contributed by atoms with van der Waals surface area (Å²) in [6, 6.07) is 10.2. The Morgan fingerprint density at radius 2 is 2.26 bits per heavy atom. The van der Waals surface area contributed by atoms with Crippen molar-refractivity contribution in [3.63, 3.8) is 0 Å². The standard InChI is InChI=1S/C18H22N4O/c1-19-12-14-6-2-4-13(10-14)5-3-7-18(23)20-17-11-16(21-22-17)15-8-9-15/h2-6,10-11,15,19H,7-9,12H2,1H3,(H2,20,21,22,23)/b5-3+. The molecule has 1 heterocycles. The predicted molar refractivity (Wildman–Crippen MR) is 92.0 cm³/mol. The van der Waals surface area contributed by atoms with Gasteiger partial charge in [0.25, 0.3) is 0 Å². The summed E-state index contributed by atoms with van der Waals surface area (Å²) in [6.45, 7) is 0.838. The lowest BCUT2D eigenvalue weighted by Gasteiger charge is -2.01. The van der Waals surface area contributed by atoms with E-state index in [2.05, 4.69) is 33.0 Å². The zero-order valence-corrected chi connectivity index (χ0v) is 13.3. The van der Waals surface area contributed by atoms with Gasteiger partial charge in [0.15, 0.2) is 5.82 Å². The number of carbonyl (C=O) groups is 1. The summed E-state index contributed by atoms with van der Waals surface area (Å²) in [4.78, 5) is 11.9. The van der Waals surface area contributed by atoms with Crippen LogP contribution < -0.4 is 10.6 Å². The van der Waals surface area contributed by atoms with Gasteiger partial charge in [-0.15, -0.1) is 0 Å². The van der Waals surface area contributed by atoms with Gasteiger partial charge in [-0.1, -0.05) is 36.4 Å². The van der Waals surface area contributed by atoms with E-state index in [1.165, 1.54) is 18.4 Å². The Morgan fingerprint density at radius 1 is 1.39 bits per heavy atom. The highest BCUT2D eigenvalue weighted by molar-refractivity contribution is 5.91. The van der Waals surface area contributed by atoms with Crippen LogP contribution in [0.3, 0.4) is 0 Å². The molecule has 0 bridgehead atoms. The Hall–Kier alpha value is -2.40. The molecule has 1 fully saturated rings. The van der Waals surface area contributed by atoms with Gasteiger partial charge in [0, 0.05) is 30.6 Å². The summed E-state index contributed by atoms with van der Waals surface area (Å²) in [5, 5.41) is 13.1. The number of amides is 1. The van der Waals surface area contributed by atoms with Crippen LogP contribution in [-0.2, 0) is 11.3 Å². The maximum Gasteiger partial charge on any atom is 0.229 e. The molecule has 3 N–H and O–H groups in total. The number of nitrogens with one attached hydrogen (secondary N) is 3. The molecule has 23 heavy (non-hydrogen) atoms. The minimum Gasteiger partial charge on any atom is -0.316 e. The normalized spacial score (nSPS) is 14.3. The molecule has 1 amide bonds. The number of carbonyl (C=O) groups excluding carboxylic acids is 1. The Bertz CT molecular complexity index is 701. The number of benzene rings is 1. The van der Waals surface area contributed by atoms with Gasteiger partial charge in [-0.05, 0) is 31.0 Å². The van der Waals surface area contributed by atoms with Crippen LogP contribution in [0.1, 0.15) is 42.0 Å². The summed E-state index contributed by atoms with van der Waals surface area (Å²) < 4.78 is 0. The fourth-order valence-electron chi connectivity index (χ4n) is 2.51. The fourth-order valence-corrected chi connectivity index (χ4v) is 2.51. The summed E-state index contributed by atoms with van der Waals surface area (Å²) in [5.41, 5.74) is 3.45. The zero-order valence-electron chi connectivity index (χ0n) is 13.3. The summed E-state index contributed by atoms with van der Waals surface area (Å²) in [7, 11) is 1.93. The first-order valence-electron chi connectivity index (χ1n) is 8.00. The van der Waals surface area contributed by atoms with Gasteiger partial charge in [-0.2, -0.15) is 5.10 Å². The van der Waals surface area contributed by atoms with Crippen molar-refractivity contribution in [3.05, 3.63) is 53.2 Å². The molecule has 1 aromatic heterocycles. The summed E-state index contributed by atoms with van der Waals surface area (Å²) in [5.74, 6) is 1.17. The molecule has 1 aromatic carbocycles. The lowest BCUT2D eigenvalue weighted by molar-refractivity contribution is -0.115. The molecular weight excluding hydrogens is 288 g/mol. The second-order valence-corrected chi connectivity index (χ2v) is 5.91. The van der Waals surface area contributed by atoms with Gasteiger partial charge in [0.05, 0.1) is 0 Å². The maximum atomic E-state index is 11.9. The van der Waals surface area contributed by atoms with Crippen LogP contribution in [0.15, 0.2) is 36.4 Å². The van der Waals surface area contributed by atoms with Crippen LogP contribution in [0.25, 0.3) is 6.08 Å². The molecule has 1 aliphatic rings. The van der Waals surface area contributed by atoms with E-state index in [-0.39, 0.29) is 5.91 Å². The molecular formula is C18H22N4O. The van der Waals surface area contributed by atoms with Crippen molar-refractivity contribution in [1.82, 2.24) is 15.5 Å². The van der Waals surface area contributed by atoms with Crippen LogP contribution in [0.4, 0.5) is 5.82 Å². The van der Waals surface area contributed by atoms with Crippen molar-refractivity contribution in [2.75, 3.05) is 12.4 Å². The number of hydrogen-bond donors (Lipinski definition) is 3. The quantitative estimate of drug-likeness (QED) is 0.736. The molecule has 120 valence electrons. The molecule has 1 aliphatic carbocycles. The second kappa shape index (κ2) is 7.24. The van der Waals surface area contributed by atoms with E-state index in [0.717, 1.165) is 17.8 Å². The second-order valence-electron chi connectivity index (χ2n) is 5.91. The number of rotatable bonds is 7. The Balaban J connectivity index is 1.50. The van der Waals surface area contributed by atoms with E-state index >= 15 is 0 Å². The van der Waals surface area contributed by atoms with Gasteiger partial charge < -0.3 is 10.6 Å². The Morgan fingerprint density at radius 3 is 3.04 bits per heavy atom. The van der Waals surface area contributed by atoms with E-state index in [9.17, 15) is 4.79 Å². The van der Waals surface area contributed by atoms with Gasteiger partial charge >= 0.3 is 0 Å². The van der Waals surface area contributed by atoms with Crippen LogP contribution in [0.5, 0.6) is 0 Å². The average molecular weight is 310 g/mol. The highest BCUT2D eigenvalue weighted by Crippen LogP contribution is 2.39. The molecule has 0 unspecified atom stereocenters. The van der Waals surface area contributed by atoms with E-state index in [1.807, 2.05) is 37.4 Å². The number of aromatic amines is 1. The molecule has 0 radical (unpaired) electrons. The van der Waals surface area contributed by atoms with Gasteiger partial charge in [0.2, 0.25) is 5.91 Å². The average Bonchev–Trinajstić information content (AvgIpc) is 3.29. The Labute approximate surface area is 136 Å². The third kappa shape index (κ3) is 4.53. The van der Waals surface area contributed by atoms with Crippen molar-refractivity contribution >= 4 is 17.8 Å². The molecule has 5 heteroatoms. The number of nitrogens with zero attached hydrogens (tertiary/aromatic N) is 1. The molecule has 1 saturated carbocycles. The van der Waals surface area contributed by atoms with Crippen molar-refractivity contribution in [3.8, 4) is 0 Å². The molecule has 0 spiro atoms. The monoisotopic (exact) mass is 310 g/mol. The number of H-pyrrole nitrogens is 1. The molecule has 0 atom stereocenters. The molecule has 2 aromatic rings. The van der Waals surface area contributed by atoms with E-state index in [1.54, 1.807) is 0 Å². The van der Waals surface area contributed by atoms with E-state index in [0.29, 0.717) is 18.2 Å². The first kappa shape index (κ1) is 15.5. The van der Waals surface area contributed by atoms with Crippen LogP contribution in [0, 0.1) is 0 Å². The topological polar surface area (TPSA) is 69.8 Å². The van der Waals surface area contributed by atoms with Crippen molar-refractivity contribution in [1.29, 1.82) is 0 Å². The van der Waals surface area contributed by atoms with Crippen LogP contribution >= 0.6 is 0 Å². The van der Waals surface area contributed by atoms with Gasteiger partial charge in [-0.3, -0.25) is 9.89 Å². The Kier molecular flexibility index (Phi) is 4.88. The lowest BCUT2D eigenvalue weighted by Crippen LogP contribution is -2.10. The van der Waals surface area contributed by atoms with Crippen LogP contribution in [0.2, 0.25) is 0 Å². The van der Waals surface area contributed by atoms with Crippen molar-refractivity contribution in [2.45, 2.75) is 31.7 Å². The number of aromatic nitrogens is 2. The third-order valence-corrected chi connectivity index (χ3v) is 3.83. The number of hydrogen-bond acceptors (Lipinski definition) is 3. The van der Waals surface area contributed by atoms with Crippen molar-refractivity contribution < 1.29 is 4.79 Å². The molecule has 5 nitrogen and oxygen atoms in total. The largest absolute Gasteiger partial charge is 0.316 e.